The van der Waals surface area contributed by atoms with Crippen molar-refractivity contribution in [3.05, 3.63) is 59.4 Å². The highest BCUT2D eigenvalue weighted by Crippen LogP contribution is 2.10. The van der Waals surface area contributed by atoms with Crippen LogP contribution in [0.15, 0.2) is 42.6 Å². The maximum atomic E-state index is 10.8. The molecule has 0 fully saturated rings. The van der Waals surface area contributed by atoms with Gasteiger partial charge in [0.25, 0.3) is 0 Å². The second-order valence-electron chi connectivity index (χ2n) is 5.17. The van der Waals surface area contributed by atoms with Gasteiger partial charge in [-0.3, -0.25) is 0 Å². The molecule has 0 aliphatic heterocycles. The lowest BCUT2D eigenvalue weighted by molar-refractivity contribution is 0.0697. The first-order chi connectivity index (χ1) is 9.56. The van der Waals surface area contributed by atoms with Gasteiger partial charge in [-0.1, -0.05) is 26.0 Å². The molecule has 0 aliphatic carbocycles. The Morgan fingerprint density at radius 3 is 2.55 bits per heavy atom. The lowest BCUT2D eigenvalue weighted by atomic mass is 10.1. The molecule has 0 bridgehead atoms. The van der Waals surface area contributed by atoms with Gasteiger partial charge in [0.1, 0.15) is 0 Å². The van der Waals surface area contributed by atoms with Crippen molar-refractivity contribution in [1.82, 2.24) is 9.88 Å². The second-order valence-corrected chi connectivity index (χ2v) is 5.17. The van der Waals surface area contributed by atoms with Gasteiger partial charge in [-0.25, -0.2) is 4.79 Å². The van der Waals surface area contributed by atoms with E-state index in [4.69, 9.17) is 5.11 Å². The molecule has 0 unspecified atom stereocenters. The number of aromatic nitrogens is 1. The Kier molecular flexibility index (Phi) is 4.58. The molecule has 1 heterocycles. The quantitative estimate of drug-likeness (QED) is 0.850. The monoisotopic (exact) mass is 272 g/mol. The van der Waals surface area contributed by atoms with Crippen LogP contribution < -0.4 is 5.32 Å². The lowest BCUT2D eigenvalue weighted by Gasteiger charge is -2.12. The Bertz CT molecular complexity index is 570. The van der Waals surface area contributed by atoms with Crippen LogP contribution in [0.4, 0.5) is 0 Å². The Labute approximate surface area is 119 Å². The minimum absolute atomic E-state index is 0.322. The van der Waals surface area contributed by atoms with Gasteiger partial charge in [-0.2, -0.15) is 0 Å². The number of rotatable bonds is 6. The summed E-state index contributed by atoms with van der Waals surface area (Å²) in [4.78, 5) is 10.8. The third-order valence-electron chi connectivity index (χ3n) is 3.17. The SMILES string of the molecule is CC(C)NCc1cccn1Cc1ccc(C(=O)O)cc1. The molecule has 1 aromatic carbocycles. The zero-order chi connectivity index (χ0) is 14.5. The number of carboxylic acid groups (broad SMARTS) is 1. The topological polar surface area (TPSA) is 54.3 Å². The van der Waals surface area contributed by atoms with E-state index in [9.17, 15) is 4.79 Å². The molecular formula is C16H20N2O2. The Morgan fingerprint density at radius 2 is 1.95 bits per heavy atom. The predicted octanol–water partition coefficient (Wildman–Crippen LogP) is 2.73. The highest BCUT2D eigenvalue weighted by molar-refractivity contribution is 5.87. The molecule has 20 heavy (non-hydrogen) atoms. The molecule has 0 spiro atoms. The first kappa shape index (κ1) is 14.3. The van der Waals surface area contributed by atoms with Crippen molar-refractivity contribution in [3.63, 3.8) is 0 Å². The van der Waals surface area contributed by atoms with E-state index in [0.29, 0.717) is 11.6 Å². The van der Waals surface area contributed by atoms with E-state index in [1.165, 1.54) is 5.69 Å². The summed E-state index contributed by atoms with van der Waals surface area (Å²) >= 11 is 0. The van der Waals surface area contributed by atoms with E-state index < -0.39 is 5.97 Å². The maximum absolute atomic E-state index is 10.8. The summed E-state index contributed by atoms with van der Waals surface area (Å²) in [5.74, 6) is -0.890. The molecular weight excluding hydrogens is 252 g/mol. The average molecular weight is 272 g/mol. The number of hydrogen-bond acceptors (Lipinski definition) is 2. The summed E-state index contributed by atoms with van der Waals surface area (Å²) in [7, 11) is 0. The van der Waals surface area contributed by atoms with Gasteiger partial charge in [-0.05, 0) is 29.8 Å². The minimum atomic E-state index is -0.890. The smallest absolute Gasteiger partial charge is 0.335 e. The van der Waals surface area contributed by atoms with Gasteiger partial charge in [-0.15, -0.1) is 0 Å². The van der Waals surface area contributed by atoms with Crippen LogP contribution in [0, 0.1) is 0 Å². The van der Waals surface area contributed by atoms with Gasteiger partial charge >= 0.3 is 5.97 Å². The fraction of sp³-hybridized carbons (Fsp3) is 0.312. The predicted molar refractivity (Wildman–Crippen MR) is 78.9 cm³/mol. The minimum Gasteiger partial charge on any atom is -0.478 e. The summed E-state index contributed by atoms with van der Waals surface area (Å²) in [6.45, 7) is 5.83. The molecule has 2 rings (SSSR count). The largest absolute Gasteiger partial charge is 0.478 e. The average Bonchev–Trinajstić information content (AvgIpc) is 2.84. The van der Waals surface area contributed by atoms with Gasteiger partial charge in [0.15, 0.2) is 0 Å². The van der Waals surface area contributed by atoms with Gasteiger partial charge in [0.05, 0.1) is 5.56 Å². The summed E-state index contributed by atoms with van der Waals surface area (Å²) in [6.07, 6.45) is 2.04. The molecule has 0 atom stereocenters. The Balaban J connectivity index is 2.06. The fourth-order valence-corrected chi connectivity index (χ4v) is 2.02. The lowest BCUT2D eigenvalue weighted by Crippen LogP contribution is -2.23. The van der Waals surface area contributed by atoms with E-state index >= 15 is 0 Å². The number of carbonyl (C=O) groups is 1. The number of hydrogen-bond donors (Lipinski definition) is 2. The summed E-state index contributed by atoms with van der Waals surface area (Å²) in [6, 6.07) is 11.6. The summed E-state index contributed by atoms with van der Waals surface area (Å²) in [5.41, 5.74) is 2.64. The first-order valence-corrected chi connectivity index (χ1v) is 6.76. The normalized spacial score (nSPS) is 10.9. The van der Waals surface area contributed by atoms with E-state index in [-0.39, 0.29) is 0 Å². The van der Waals surface area contributed by atoms with Crippen LogP contribution in [-0.4, -0.2) is 21.7 Å². The van der Waals surface area contributed by atoms with Crippen molar-refractivity contribution in [2.75, 3.05) is 0 Å². The van der Waals surface area contributed by atoms with E-state index in [1.54, 1.807) is 12.1 Å². The third-order valence-corrected chi connectivity index (χ3v) is 3.17. The Morgan fingerprint density at radius 1 is 1.25 bits per heavy atom. The van der Waals surface area contributed by atoms with Crippen molar-refractivity contribution in [3.8, 4) is 0 Å². The zero-order valence-corrected chi connectivity index (χ0v) is 11.8. The number of carboxylic acids is 1. The highest BCUT2D eigenvalue weighted by Gasteiger charge is 2.05. The van der Waals surface area contributed by atoms with Crippen LogP contribution in [0.2, 0.25) is 0 Å². The summed E-state index contributed by atoms with van der Waals surface area (Å²) < 4.78 is 2.17. The number of nitrogens with one attached hydrogen (secondary N) is 1. The Hall–Kier alpha value is -2.07. The fourth-order valence-electron chi connectivity index (χ4n) is 2.02. The number of nitrogens with zero attached hydrogens (tertiary/aromatic N) is 1. The van der Waals surface area contributed by atoms with Crippen LogP contribution in [-0.2, 0) is 13.1 Å². The standard InChI is InChI=1S/C16H20N2O2/c1-12(2)17-10-15-4-3-9-18(15)11-13-5-7-14(8-6-13)16(19)20/h3-9,12,17H,10-11H2,1-2H3,(H,19,20). The third kappa shape index (κ3) is 3.71. The zero-order valence-electron chi connectivity index (χ0n) is 11.8. The number of benzene rings is 1. The van der Waals surface area contributed by atoms with Crippen molar-refractivity contribution in [1.29, 1.82) is 0 Å². The van der Waals surface area contributed by atoms with Crippen LogP contribution in [0.25, 0.3) is 0 Å². The van der Waals surface area contributed by atoms with Crippen molar-refractivity contribution in [2.24, 2.45) is 0 Å². The summed E-state index contributed by atoms with van der Waals surface area (Å²) in [5, 5.41) is 12.3. The van der Waals surface area contributed by atoms with Gasteiger partial charge in [0, 0.05) is 31.0 Å². The molecule has 4 nitrogen and oxygen atoms in total. The van der Waals surface area contributed by atoms with E-state index in [2.05, 4.69) is 29.8 Å². The molecule has 0 amide bonds. The van der Waals surface area contributed by atoms with Crippen molar-refractivity contribution >= 4 is 5.97 Å². The second kappa shape index (κ2) is 6.39. The van der Waals surface area contributed by atoms with Crippen LogP contribution in [0.1, 0.15) is 35.5 Å². The van der Waals surface area contributed by atoms with Crippen molar-refractivity contribution < 1.29 is 9.90 Å². The van der Waals surface area contributed by atoms with Crippen molar-refractivity contribution in [2.45, 2.75) is 33.0 Å². The molecule has 0 saturated carbocycles. The highest BCUT2D eigenvalue weighted by atomic mass is 16.4. The van der Waals surface area contributed by atoms with Gasteiger partial charge in [0.2, 0.25) is 0 Å². The maximum Gasteiger partial charge on any atom is 0.335 e. The molecule has 106 valence electrons. The molecule has 0 aliphatic rings. The number of aromatic carboxylic acids is 1. The molecule has 2 N–H and O–H groups in total. The van der Waals surface area contributed by atoms with Gasteiger partial charge < -0.3 is 15.0 Å². The molecule has 4 heteroatoms. The molecule has 0 radical (unpaired) electrons. The molecule has 0 saturated heterocycles. The van der Waals surface area contributed by atoms with E-state index in [0.717, 1.165) is 18.7 Å². The van der Waals surface area contributed by atoms with Crippen LogP contribution >= 0.6 is 0 Å². The van der Waals surface area contributed by atoms with Crippen LogP contribution in [0.3, 0.4) is 0 Å². The first-order valence-electron chi connectivity index (χ1n) is 6.76. The van der Waals surface area contributed by atoms with E-state index in [1.807, 2.05) is 24.4 Å². The van der Waals surface area contributed by atoms with Crippen LogP contribution in [0.5, 0.6) is 0 Å². The molecule has 2 aromatic rings. The molecule has 1 aromatic heterocycles.